The highest BCUT2D eigenvalue weighted by atomic mass is 127. The summed E-state index contributed by atoms with van der Waals surface area (Å²) in [6, 6.07) is 15.0. The largest absolute Gasteiger partial charge is 0.469 e. The SMILES string of the molecule is CC(C)OC1CCC(NC(=NCCc2ccco2)NC(C)c2ccccc2)CC1.I. The Labute approximate surface area is 198 Å². The van der Waals surface area contributed by atoms with Crippen LogP contribution in [0.25, 0.3) is 0 Å². The molecule has 1 aromatic heterocycles. The van der Waals surface area contributed by atoms with Crippen LogP contribution in [-0.4, -0.2) is 30.8 Å². The first kappa shape index (κ1) is 24.7. The van der Waals surface area contributed by atoms with E-state index in [0.717, 1.165) is 43.8 Å². The predicted molar refractivity (Wildman–Crippen MR) is 134 cm³/mol. The van der Waals surface area contributed by atoms with E-state index in [1.165, 1.54) is 5.56 Å². The zero-order valence-electron chi connectivity index (χ0n) is 18.3. The van der Waals surface area contributed by atoms with E-state index in [-0.39, 0.29) is 30.0 Å². The molecule has 1 heterocycles. The van der Waals surface area contributed by atoms with E-state index in [0.29, 0.717) is 24.8 Å². The number of benzene rings is 1. The summed E-state index contributed by atoms with van der Waals surface area (Å²) in [5.74, 6) is 1.84. The van der Waals surface area contributed by atoms with Crippen LogP contribution < -0.4 is 10.6 Å². The lowest BCUT2D eigenvalue weighted by Gasteiger charge is -2.31. The van der Waals surface area contributed by atoms with Crippen molar-refractivity contribution < 1.29 is 9.15 Å². The number of hydrogen-bond donors (Lipinski definition) is 2. The number of halogens is 1. The molecule has 0 spiro atoms. The molecule has 5 nitrogen and oxygen atoms in total. The molecule has 1 aliphatic rings. The first-order valence-corrected chi connectivity index (χ1v) is 10.9. The van der Waals surface area contributed by atoms with Gasteiger partial charge in [0.05, 0.1) is 24.5 Å². The zero-order chi connectivity index (χ0) is 20.5. The molecule has 0 amide bonds. The van der Waals surface area contributed by atoms with Gasteiger partial charge in [0.25, 0.3) is 0 Å². The Kier molecular flexibility index (Phi) is 10.7. The fourth-order valence-electron chi connectivity index (χ4n) is 3.82. The maximum Gasteiger partial charge on any atom is 0.191 e. The van der Waals surface area contributed by atoms with E-state index in [1.54, 1.807) is 6.26 Å². The van der Waals surface area contributed by atoms with E-state index < -0.39 is 0 Å². The van der Waals surface area contributed by atoms with Gasteiger partial charge in [0.1, 0.15) is 5.76 Å². The summed E-state index contributed by atoms with van der Waals surface area (Å²) in [7, 11) is 0. The van der Waals surface area contributed by atoms with Crippen LogP contribution in [0.3, 0.4) is 0 Å². The third kappa shape index (κ3) is 8.30. The third-order valence-corrected chi connectivity index (χ3v) is 5.34. The van der Waals surface area contributed by atoms with E-state index in [9.17, 15) is 0 Å². The van der Waals surface area contributed by atoms with Crippen molar-refractivity contribution in [1.82, 2.24) is 10.6 Å². The molecule has 1 saturated carbocycles. The Morgan fingerprint density at radius 1 is 1.07 bits per heavy atom. The van der Waals surface area contributed by atoms with Crippen molar-refractivity contribution in [3.8, 4) is 0 Å². The van der Waals surface area contributed by atoms with Crippen molar-refractivity contribution in [2.24, 2.45) is 4.99 Å². The number of guanidine groups is 1. The molecule has 1 unspecified atom stereocenters. The summed E-state index contributed by atoms with van der Waals surface area (Å²) >= 11 is 0. The van der Waals surface area contributed by atoms with Crippen LogP contribution >= 0.6 is 24.0 Å². The van der Waals surface area contributed by atoms with Crippen LogP contribution in [0.2, 0.25) is 0 Å². The third-order valence-electron chi connectivity index (χ3n) is 5.34. The molecule has 1 aromatic carbocycles. The van der Waals surface area contributed by atoms with E-state index in [1.807, 2.05) is 18.2 Å². The highest BCUT2D eigenvalue weighted by molar-refractivity contribution is 14.0. The number of aliphatic imine (C=N–C) groups is 1. The monoisotopic (exact) mass is 525 g/mol. The van der Waals surface area contributed by atoms with Gasteiger partial charge >= 0.3 is 0 Å². The predicted octanol–water partition coefficient (Wildman–Crippen LogP) is 5.47. The van der Waals surface area contributed by atoms with Gasteiger partial charge in [-0.2, -0.15) is 0 Å². The Bertz CT molecular complexity index is 726. The van der Waals surface area contributed by atoms with Crippen LogP contribution in [-0.2, 0) is 11.2 Å². The molecule has 1 fully saturated rings. The summed E-state index contributed by atoms with van der Waals surface area (Å²) in [6.07, 6.45) is 7.62. The minimum atomic E-state index is 0. The standard InChI is InChI=1S/C24H35N3O2.HI/c1-18(2)29-23-13-11-21(12-14-23)27-24(25-16-15-22-10-7-17-28-22)26-19(3)20-8-5-4-6-9-20;/h4-10,17-19,21,23H,11-16H2,1-3H3,(H2,25,26,27);1H. The number of hydrogen-bond acceptors (Lipinski definition) is 3. The van der Waals surface area contributed by atoms with Crippen molar-refractivity contribution in [2.75, 3.05) is 6.54 Å². The first-order chi connectivity index (χ1) is 14.1. The average Bonchev–Trinajstić information content (AvgIpc) is 3.23. The summed E-state index contributed by atoms with van der Waals surface area (Å²) in [4.78, 5) is 4.83. The molecule has 1 atom stereocenters. The topological polar surface area (TPSA) is 58.8 Å². The molecule has 30 heavy (non-hydrogen) atoms. The lowest BCUT2D eigenvalue weighted by Crippen LogP contribution is -2.46. The number of nitrogens with one attached hydrogen (secondary N) is 2. The first-order valence-electron chi connectivity index (χ1n) is 10.9. The fraction of sp³-hybridized carbons (Fsp3) is 0.542. The van der Waals surface area contributed by atoms with Gasteiger partial charge in [0.2, 0.25) is 0 Å². The molecule has 0 aliphatic heterocycles. The quantitative estimate of drug-likeness (QED) is 0.273. The Balaban J connectivity index is 0.00000320. The lowest BCUT2D eigenvalue weighted by molar-refractivity contribution is -0.0152. The van der Waals surface area contributed by atoms with Gasteiger partial charge in [-0.3, -0.25) is 4.99 Å². The van der Waals surface area contributed by atoms with E-state index >= 15 is 0 Å². The average molecular weight is 525 g/mol. The summed E-state index contributed by atoms with van der Waals surface area (Å²) < 4.78 is 11.4. The lowest BCUT2D eigenvalue weighted by atomic mass is 9.93. The van der Waals surface area contributed by atoms with Gasteiger partial charge in [0, 0.05) is 19.0 Å². The van der Waals surface area contributed by atoms with Crippen LogP contribution in [0.1, 0.15) is 63.8 Å². The van der Waals surface area contributed by atoms with E-state index in [4.69, 9.17) is 14.1 Å². The summed E-state index contributed by atoms with van der Waals surface area (Å²) in [5, 5.41) is 7.24. The second kappa shape index (κ2) is 13.0. The molecule has 2 N–H and O–H groups in total. The maximum absolute atomic E-state index is 5.99. The highest BCUT2D eigenvalue weighted by Gasteiger charge is 2.23. The normalized spacial score (nSPS) is 20.5. The maximum atomic E-state index is 5.99. The molecule has 166 valence electrons. The van der Waals surface area contributed by atoms with Crippen LogP contribution in [0.15, 0.2) is 58.1 Å². The second-order valence-corrected chi connectivity index (χ2v) is 8.14. The number of nitrogens with zero attached hydrogens (tertiary/aromatic N) is 1. The van der Waals surface area contributed by atoms with Crippen molar-refractivity contribution in [2.45, 2.75) is 77.2 Å². The summed E-state index contributed by atoms with van der Waals surface area (Å²) in [5.41, 5.74) is 1.25. The van der Waals surface area contributed by atoms with Crippen molar-refractivity contribution >= 4 is 29.9 Å². The molecule has 6 heteroatoms. The Morgan fingerprint density at radius 3 is 2.43 bits per heavy atom. The molecule has 0 radical (unpaired) electrons. The van der Waals surface area contributed by atoms with Gasteiger partial charge in [-0.1, -0.05) is 30.3 Å². The van der Waals surface area contributed by atoms with Crippen molar-refractivity contribution in [3.63, 3.8) is 0 Å². The summed E-state index contributed by atoms with van der Waals surface area (Å²) in [6.45, 7) is 7.09. The number of rotatable bonds is 8. The van der Waals surface area contributed by atoms with Gasteiger partial charge in [-0.15, -0.1) is 24.0 Å². The second-order valence-electron chi connectivity index (χ2n) is 8.14. The van der Waals surface area contributed by atoms with Crippen molar-refractivity contribution in [3.05, 3.63) is 60.1 Å². The minimum Gasteiger partial charge on any atom is -0.469 e. The highest BCUT2D eigenvalue weighted by Crippen LogP contribution is 2.22. The molecule has 0 bridgehead atoms. The molecule has 1 aliphatic carbocycles. The minimum absolute atomic E-state index is 0. The van der Waals surface area contributed by atoms with Crippen LogP contribution in [0.4, 0.5) is 0 Å². The molecule has 2 aromatic rings. The Morgan fingerprint density at radius 2 is 1.80 bits per heavy atom. The van der Waals surface area contributed by atoms with Gasteiger partial charge in [-0.05, 0) is 64.2 Å². The number of ether oxygens (including phenoxy) is 1. The smallest absolute Gasteiger partial charge is 0.191 e. The van der Waals surface area contributed by atoms with Crippen molar-refractivity contribution in [1.29, 1.82) is 0 Å². The van der Waals surface area contributed by atoms with Crippen LogP contribution in [0.5, 0.6) is 0 Å². The molecule has 0 saturated heterocycles. The van der Waals surface area contributed by atoms with Gasteiger partial charge in [0.15, 0.2) is 5.96 Å². The van der Waals surface area contributed by atoms with Gasteiger partial charge in [-0.25, -0.2) is 0 Å². The number of furan rings is 1. The fourth-order valence-corrected chi connectivity index (χ4v) is 3.82. The molecular formula is C24H36IN3O2. The zero-order valence-corrected chi connectivity index (χ0v) is 20.7. The molecular weight excluding hydrogens is 489 g/mol. The van der Waals surface area contributed by atoms with Crippen LogP contribution in [0, 0.1) is 0 Å². The Hall–Kier alpha value is -1.54. The van der Waals surface area contributed by atoms with Gasteiger partial charge < -0.3 is 19.8 Å². The molecule has 3 rings (SSSR count). The van der Waals surface area contributed by atoms with E-state index in [2.05, 4.69) is 55.7 Å².